The van der Waals surface area contributed by atoms with Crippen LogP contribution in [0.15, 0.2) is 0 Å². The first-order valence-electron chi connectivity index (χ1n) is 5.31. The van der Waals surface area contributed by atoms with Crippen molar-refractivity contribution in [3.63, 3.8) is 0 Å². The second kappa shape index (κ2) is 2.62. The van der Waals surface area contributed by atoms with Gasteiger partial charge >= 0.3 is 0 Å². The predicted octanol–water partition coefficient (Wildman–Crippen LogP) is 1.18. The molecule has 0 saturated heterocycles. The Morgan fingerprint density at radius 3 is 1.93 bits per heavy atom. The fourth-order valence-corrected chi connectivity index (χ4v) is 2.81. The van der Waals surface area contributed by atoms with Gasteiger partial charge in [0.1, 0.15) is 0 Å². The molecule has 0 saturated carbocycles. The van der Waals surface area contributed by atoms with Gasteiger partial charge in [-0.2, -0.15) is 4.73 Å². The van der Waals surface area contributed by atoms with Crippen molar-refractivity contribution in [3.05, 3.63) is 27.9 Å². The molecule has 0 unspecified atom stereocenters. The summed E-state index contributed by atoms with van der Waals surface area (Å²) in [6.07, 6.45) is 6.00. The molecule has 0 atom stereocenters. The van der Waals surface area contributed by atoms with Crippen LogP contribution >= 0.6 is 0 Å². The molecule has 2 aliphatic rings. The van der Waals surface area contributed by atoms with Crippen molar-refractivity contribution in [1.29, 1.82) is 5.41 Å². The largest absolute Gasteiger partial charge is 0.428 e. The maximum atomic E-state index is 9.99. The minimum absolute atomic E-state index is 0.718. The maximum Gasteiger partial charge on any atom is 0.0641 e. The van der Waals surface area contributed by atoms with Gasteiger partial charge in [-0.15, -0.1) is 0 Å². The average molecular weight is 190 g/mol. The number of nitrogens with zero attached hydrogens (tertiary/aromatic N) is 1. The SMILES string of the molecule is N=c1c2c(n(O)c3c1CCC3)CCC2. The first-order chi connectivity index (χ1) is 6.79. The van der Waals surface area contributed by atoms with Gasteiger partial charge in [0.25, 0.3) is 0 Å². The summed E-state index contributed by atoms with van der Waals surface area (Å²) in [6.45, 7) is 0. The highest BCUT2D eigenvalue weighted by Gasteiger charge is 2.25. The van der Waals surface area contributed by atoms with Crippen molar-refractivity contribution in [3.8, 4) is 0 Å². The number of pyridine rings is 1. The van der Waals surface area contributed by atoms with Gasteiger partial charge in [-0.05, 0) is 38.5 Å². The van der Waals surface area contributed by atoms with Gasteiger partial charge in [0.15, 0.2) is 0 Å². The average Bonchev–Trinajstić information content (AvgIpc) is 2.82. The van der Waals surface area contributed by atoms with Crippen molar-refractivity contribution in [2.75, 3.05) is 0 Å². The minimum Gasteiger partial charge on any atom is -0.428 e. The zero-order valence-corrected chi connectivity index (χ0v) is 8.14. The molecule has 2 N–H and O–H groups in total. The van der Waals surface area contributed by atoms with E-state index >= 15 is 0 Å². The number of rotatable bonds is 0. The van der Waals surface area contributed by atoms with Crippen LogP contribution in [0.4, 0.5) is 0 Å². The van der Waals surface area contributed by atoms with Crippen LogP contribution in [-0.2, 0) is 25.7 Å². The Morgan fingerprint density at radius 2 is 1.43 bits per heavy atom. The van der Waals surface area contributed by atoms with E-state index in [2.05, 4.69) is 0 Å². The lowest BCUT2D eigenvalue weighted by Crippen LogP contribution is -2.21. The number of fused-ring (bicyclic) bond motifs is 2. The van der Waals surface area contributed by atoms with Gasteiger partial charge in [-0.25, -0.2) is 0 Å². The summed E-state index contributed by atoms with van der Waals surface area (Å²) in [5, 5.41) is 18.8. The molecule has 0 aromatic carbocycles. The van der Waals surface area contributed by atoms with E-state index < -0.39 is 0 Å². The Bertz CT molecular complexity index is 421. The molecule has 0 aliphatic heterocycles. The zero-order chi connectivity index (χ0) is 9.71. The molecule has 1 aromatic heterocycles. The fraction of sp³-hybridized carbons (Fsp3) is 0.545. The highest BCUT2D eigenvalue weighted by molar-refractivity contribution is 5.35. The molecule has 74 valence electrons. The molecule has 1 heterocycles. The smallest absolute Gasteiger partial charge is 0.0641 e. The molecular weight excluding hydrogens is 176 g/mol. The summed E-state index contributed by atoms with van der Waals surface area (Å²) >= 11 is 0. The van der Waals surface area contributed by atoms with Gasteiger partial charge in [-0.3, -0.25) is 0 Å². The van der Waals surface area contributed by atoms with Crippen molar-refractivity contribution in [1.82, 2.24) is 4.73 Å². The normalized spacial score (nSPS) is 18.3. The lowest BCUT2D eigenvalue weighted by molar-refractivity contribution is 0.166. The third kappa shape index (κ3) is 0.846. The second-order valence-corrected chi connectivity index (χ2v) is 4.24. The first kappa shape index (κ1) is 8.09. The van der Waals surface area contributed by atoms with E-state index in [0.717, 1.165) is 66.4 Å². The Morgan fingerprint density at radius 1 is 0.929 bits per heavy atom. The lowest BCUT2D eigenvalue weighted by Gasteiger charge is -2.12. The lowest BCUT2D eigenvalue weighted by atomic mass is 10.1. The molecule has 0 radical (unpaired) electrons. The third-order valence-corrected chi connectivity index (χ3v) is 3.49. The maximum absolute atomic E-state index is 9.99. The molecule has 3 rings (SSSR count). The number of nitrogens with one attached hydrogen (secondary N) is 1. The van der Waals surface area contributed by atoms with Crippen molar-refractivity contribution < 1.29 is 5.21 Å². The van der Waals surface area contributed by atoms with Crippen molar-refractivity contribution >= 4 is 0 Å². The Labute approximate surface area is 82.5 Å². The van der Waals surface area contributed by atoms with Crippen LogP contribution in [0.2, 0.25) is 0 Å². The van der Waals surface area contributed by atoms with E-state index in [-0.39, 0.29) is 0 Å². The van der Waals surface area contributed by atoms with Gasteiger partial charge in [0.05, 0.1) is 16.7 Å². The zero-order valence-electron chi connectivity index (χ0n) is 8.14. The van der Waals surface area contributed by atoms with Crippen LogP contribution in [0.5, 0.6) is 0 Å². The van der Waals surface area contributed by atoms with Gasteiger partial charge in [0, 0.05) is 11.1 Å². The monoisotopic (exact) mass is 190 g/mol. The molecular formula is C11H14N2O. The summed E-state index contributed by atoms with van der Waals surface area (Å²) < 4.78 is 1.38. The van der Waals surface area contributed by atoms with E-state index in [0.29, 0.717) is 0 Å². The highest BCUT2D eigenvalue weighted by Crippen LogP contribution is 2.25. The Kier molecular flexibility index (Phi) is 1.52. The van der Waals surface area contributed by atoms with Crippen LogP contribution in [0.3, 0.4) is 0 Å². The van der Waals surface area contributed by atoms with E-state index in [9.17, 15) is 5.21 Å². The quantitative estimate of drug-likeness (QED) is 0.593. The number of hydrogen-bond acceptors (Lipinski definition) is 2. The number of hydrogen-bond donors (Lipinski definition) is 2. The minimum atomic E-state index is 0.718. The molecule has 3 nitrogen and oxygen atoms in total. The molecule has 0 spiro atoms. The second-order valence-electron chi connectivity index (χ2n) is 4.24. The summed E-state index contributed by atoms with van der Waals surface area (Å²) in [5.74, 6) is 0. The molecule has 2 aliphatic carbocycles. The van der Waals surface area contributed by atoms with Crippen LogP contribution in [0.25, 0.3) is 0 Å². The van der Waals surface area contributed by atoms with E-state index in [1.165, 1.54) is 4.73 Å². The summed E-state index contributed by atoms with van der Waals surface area (Å²) in [7, 11) is 0. The molecule has 1 aromatic rings. The van der Waals surface area contributed by atoms with Crippen molar-refractivity contribution in [2.45, 2.75) is 38.5 Å². The highest BCUT2D eigenvalue weighted by atomic mass is 16.5. The standard InChI is InChI=1S/C11H14N2O/c12-11-7-3-1-5-9(7)13(14)10-6-2-4-8(10)11/h12,14H,1-6H2. The summed E-state index contributed by atoms with van der Waals surface area (Å²) in [6, 6.07) is 0. The van der Waals surface area contributed by atoms with Gasteiger partial charge < -0.3 is 10.6 Å². The molecule has 14 heavy (non-hydrogen) atoms. The first-order valence-corrected chi connectivity index (χ1v) is 5.31. The summed E-state index contributed by atoms with van der Waals surface area (Å²) in [4.78, 5) is 0. The topological polar surface area (TPSA) is 49.0 Å². The van der Waals surface area contributed by atoms with E-state index in [4.69, 9.17) is 5.41 Å². The van der Waals surface area contributed by atoms with Gasteiger partial charge in [-0.1, -0.05) is 0 Å². The fourth-order valence-electron chi connectivity index (χ4n) is 2.81. The van der Waals surface area contributed by atoms with E-state index in [1.54, 1.807) is 0 Å². The Hall–Kier alpha value is -1.25. The Balaban J connectivity index is 2.39. The van der Waals surface area contributed by atoms with Crippen molar-refractivity contribution in [2.24, 2.45) is 0 Å². The predicted molar refractivity (Wildman–Crippen MR) is 51.5 cm³/mol. The van der Waals surface area contributed by atoms with Gasteiger partial charge in [0.2, 0.25) is 0 Å². The molecule has 0 bridgehead atoms. The van der Waals surface area contributed by atoms with Crippen LogP contribution in [-0.4, -0.2) is 9.94 Å². The van der Waals surface area contributed by atoms with Crippen LogP contribution in [0.1, 0.15) is 35.4 Å². The summed E-state index contributed by atoms with van der Waals surface area (Å²) in [5.41, 5.74) is 4.17. The number of aromatic nitrogens is 1. The van der Waals surface area contributed by atoms with Crippen LogP contribution in [0, 0.1) is 5.41 Å². The van der Waals surface area contributed by atoms with E-state index in [1.807, 2.05) is 0 Å². The molecule has 0 amide bonds. The molecule has 0 fully saturated rings. The molecule has 3 heteroatoms. The third-order valence-electron chi connectivity index (χ3n) is 3.49. The van der Waals surface area contributed by atoms with Crippen LogP contribution < -0.4 is 5.36 Å².